The number of rotatable bonds is 7. The van der Waals surface area contributed by atoms with Crippen molar-refractivity contribution < 1.29 is 28.3 Å². The van der Waals surface area contributed by atoms with Gasteiger partial charge in [-0.15, -0.1) is 0 Å². The molecule has 2 aromatic rings. The number of aryl methyl sites for hydroxylation is 1. The van der Waals surface area contributed by atoms with Crippen molar-refractivity contribution >= 4 is 23.4 Å². The van der Waals surface area contributed by atoms with Crippen molar-refractivity contribution in [3.05, 3.63) is 46.8 Å². The van der Waals surface area contributed by atoms with Crippen LogP contribution in [0.15, 0.2) is 34.9 Å². The van der Waals surface area contributed by atoms with E-state index in [0.29, 0.717) is 55.8 Å². The molecule has 2 aliphatic heterocycles. The largest absolute Gasteiger partial charge is 0.490 e. The Hall–Kier alpha value is -2.62. The van der Waals surface area contributed by atoms with Crippen molar-refractivity contribution in [1.29, 1.82) is 0 Å². The quantitative estimate of drug-likeness (QED) is 0.604. The van der Waals surface area contributed by atoms with E-state index in [4.69, 9.17) is 30.3 Å². The summed E-state index contributed by atoms with van der Waals surface area (Å²) in [5, 5.41) is 4.45. The highest BCUT2D eigenvalue weighted by molar-refractivity contribution is 6.30. The molecule has 178 valence electrons. The summed E-state index contributed by atoms with van der Waals surface area (Å²) in [4.78, 5) is 29.6. The molecule has 0 saturated carbocycles. The summed E-state index contributed by atoms with van der Waals surface area (Å²) in [6.45, 7) is 4.96. The zero-order valence-electron chi connectivity index (χ0n) is 18.6. The number of hydrogen-bond acceptors (Lipinski definition) is 7. The Kier molecular flexibility index (Phi) is 7.52. The summed E-state index contributed by atoms with van der Waals surface area (Å²) in [6.07, 6.45) is 0.727. The van der Waals surface area contributed by atoms with Gasteiger partial charge in [0, 0.05) is 37.1 Å². The van der Waals surface area contributed by atoms with Crippen molar-refractivity contribution in [2.45, 2.75) is 25.4 Å². The third-order valence-corrected chi connectivity index (χ3v) is 6.03. The van der Waals surface area contributed by atoms with Gasteiger partial charge in [-0.25, -0.2) is 0 Å². The first-order valence-electron chi connectivity index (χ1n) is 11.1. The molecule has 0 bridgehead atoms. The standard InChI is InChI=1S/C23H28ClN3O6/c1-2-18-13-20(25-33-18)22(29)27-8-11-32-23(15-27,14-21(28)26-6-9-30-10-7-26)16-31-19-5-3-4-17(24)12-19/h3-5,12-13H,2,6-11,14-16H2,1H3/t23-/m0/s1. The first-order chi connectivity index (χ1) is 16.0. The highest BCUT2D eigenvalue weighted by Crippen LogP contribution is 2.27. The molecule has 10 heteroatoms. The number of amides is 2. The molecule has 0 spiro atoms. The van der Waals surface area contributed by atoms with Crippen LogP contribution >= 0.6 is 11.6 Å². The molecule has 1 atom stereocenters. The molecule has 0 unspecified atom stereocenters. The molecular weight excluding hydrogens is 450 g/mol. The number of aromatic nitrogens is 1. The second-order valence-electron chi connectivity index (χ2n) is 8.21. The smallest absolute Gasteiger partial charge is 0.276 e. The van der Waals surface area contributed by atoms with Gasteiger partial charge < -0.3 is 28.5 Å². The van der Waals surface area contributed by atoms with Crippen LogP contribution in [0, 0.1) is 0 Å². The Bertz CT molecular complexity index is 977. The van der Waals surface area contributed by atoms with Gasteiger partial charge >= 0.3 is 0 Å². The van der Waals surface area contributed by atoms with Crippen LogP contribution in [0.2, 0.25) is 5.02 Å². The second-order valence-corrected chi connectivity index (χ2v) is 8.64. The minimum absolute atomic E-state index is 0.0583. The fourth-order valence-corrected chi connectivity index (χ4v) is 4.16. The number of carbonyl (C=O) groups excluding carboxylic acids is 2. The molecule has 2 amide bonds. The molecular formula is C23H28ClN3O6. The molecule has 2 saturated heterocycles. The van der Waals surface area contributed by atoms with E-state index in [1.54, 1.807) is 40.1 Å². The van der Waals surface area contributed by atoms with Crippen LogP contribution in [0.3, 0.4) is 0 Å². The van der Waals surface area contributed by atoms with E-state index in [2.05, 4.69) is 5.16 Å². The number of ether oxygens (including phenoxy) is 3. The van der Waals surface area contributed by atoms with E-state index in [9.17, 15) is 9.59 Å². The van der Waals surface area contributed by atoms with Crippen LogP contribution in [-0.4, -0.2) is 85.0 Å². The van der Waals surface area contributed by atoms with Gasteiger partial charge in [0.25, 0.3) is 5.91 Å². The van der Waals surface area contributed by atoms with Crippen LogP contribution in [0.5, 0.6) is 5.75 Å². The number of morpholine rings is 2. The van der Waals surface area contributed by atoms with Crippen molar-refractivity contribution in [3.63, 3.8) is 0 Å². The molecule has 2 fully saturated rings. The molecule has 0 N–H and O–H groups in total. The summed E-state index contributed by atoms with van der Waals surface area (Å²) < 4.78 is 22.7. The number of carbonyl (C=O) groups is 2. The van der Waals surface area contributed by atoms with E-state index in [1.807, 2.05) is 6.92 Å². The van der Waals surface area contributed by atoms with E-state index in [1.165, 1.54) is 0 Å². The maximum absolute atomic E-state index is 13.1. The summed E-state index contributed by atoms with van der Waals surface area (Å²) in [5.41, 5.74) is -0.763. The minimum Gasteiger partial charge on any atom is -0.490 e. The zero-order chi connectivity index (χ0) is 23.3. The zero-order valence-corrected chi connectivity index (χ0v) is 19.4. The average molecular weight is 478 g/mol. The van der Waals surface area contributed by atoms with Crippen molar-refractivity contribution in [2.24, 2.45) is 0 Å². The molecule has 0 radical (unpaired) electrons. The molecule has 1 aromatic heterocycles. The average Bonchev–Trinajstić information content (AvgIpc) is 3.32. The SMILES string of the molecule is CCc1cc(C(=O)N2CCO[C@@](COc3cccc(Cl)c3)(CC(=O)N3CCOCC3)C2)no1. The van der Waals surface area contributed by atoms with E-state index in [-0.39, 0.29) is 43.7 Å². The molecule has 9 nitrogen and oxygen atoms in total. The Morgan fingerprint density at radius 3 is 2.67 bits per heavy atom. The third kappa shape index (κ3) is 5.85. The molecule has 4 rings (SSSR count). The highest BCUT2D eigenvalue weighted by Gasteiger charge is 2.43. The lowest BCUT2D eigenvalue weighted by atomic mass is 9.96. The lowest BCUT2D eigenvalue weighted by Gasteiger charge is -2.42. The monoisotopic (exact) mass is 477 g/mol. The number of benzene rings is 1. The minimum atomic E-state index is -1.01. The topological polar surface area (TPSA) is 94.3 Å². The Morgan fingerprint density at radius 1 is 1.15 bits per heavy atom. The van der Waals surface area contributed by atoms with Gasteiger partial charge in [0.1, 0.15) is 23.7 Å². The predicted molar refractivity (Wildman–Crippen MR) is 119 cm³/mol. The van der Waals surface area contributed by atoms with Crippen LogP contribution in [0.1, 0.15) is 29.6 Å². The maximum Gasteiger partial charge on any atom is 0.276 e. The normalized spacial score (nSPS) is 21.2. The molecule has 2 aliphatic rings. The molecule has 3 heterocycles. The van der Waals surface area contributed by atoms with Gasteiger partial charge in [-0.2, -0.15) is 0 Å². The van der Waals surface area contributed by atoms with Gasteiger partial charge in [0.05, 0.1) is 32.8 Å². The summed E-state index contributed by atoms with van der Waals surface area (Å²) in [5.74, 6) is 0.895. The van der Waals surface area contributed by atoms with Gasteiger partial charge in [0.2, 0.25) is 5.91 Å². The summed E-state index contributed by atoms with van der Waals surface area (Å²) >= 11 is 6.08. The fraction of sp³-hybridized carbons (Fsp3) is 0.522. The lowest BCUT2D eigenvalue weighted by Crippen LogP contribution is -2.58. The van der Waals surface area contributed by atoms with Gasteiger partial charge in [0.15, 0.2) is 5.69 Å². The van der Waals surface area contributed by atoms with Gasteiger partial charge in [-0.05, 0) is 18.2 Å². The van der Waals surface area contributed by atoms with E-state index in [0.717, 1.165) is 0 Å². The van der Waals surface area contributed by atoms with Crippen LogP contribution < -0.4 is 4.74 Å². The third-order valence-electron chi connectivity index (χ3n) is 5.80. The first kappa shape index (κ1) is 23.5. The maximum atomic E-state index is 13.1. The van der Waals surface area contributed by atoms with E-state index < -0.39 is 5.60 Å². The number of hydrogen-bond donors (Lipinski definition) is 0. The summed E-state index contributed by atoms with van der Waals surface area (Å²) in [7, 11) is 0. The summed E-state index contributed by atoms with van der Waals surface area (Å²) in [6, 6.07) is 8.69. The van der Waals surface area contributed by atoms with Gasteiger partial charge in [-0.3, -0.25) is 9.59 Å². The van der Waals surface area contributed by atoms with Crippen molar-refractivity contribution in [2.75, 3.05) is 52.6 Å². The van der Waals surface area contributed by atoms with Crippen LogP contribution in [0.4, 0.5) is 0 Å². The number of halogens is 1. The first-order valence-corrected chi connectivity index (χ1v) is 11.5. The Labute approximate surface area is 197 Å². The van der Waals surface area contributed by atoms with Gasteiger partial charge in [-0.1, -0.05) is 29.7 Å². The Morgan fingerprint density at radius 2 is 1.94 bits per heavy atom. The van der Waals surface area contributed by atoms with Crippen molar-refractivity contribution in [1.82, 2.24) is 15.0 Å². The Balaban J connectivity index is 1.52. The molecule has 1 aromatic carbocycles. The highest BCUT2D eigenvalue weighted by atomic mass is 35.5. The van der Waals surface area contributed by atoms with Crippen LogP contribution in [-0.2, 0) is 20.7 Å². The predicted octanol–water partition coefficient (Wildman–Crippen LogP) is 2.43. The fourth-order valence-electron chi connectivity index (χ4n) is 3.98. The number of nitrogens with zero attached hydrogens (tertiary/aromatic N) is 3. The van der Waals surface area contributed by atoms with Crippen LogP contribution in [0.25, 0.3) is 0 Å². The molecule has 33 heavy (non-hydrogen) atoms. The molecule has 0 aliphatic carbocycles. The van der Waals surface area contributed by atoms with E-state index >= 15 is 0 Å². The lowest BCUT2D eigenvalue weighted by molar-refractivity contribution is -0.155. The van der Waals surface area contributed by atoms with Crippen molar-refractivity contribution in [3.8, 4) is 5.75 Å². The second kappa shape index (κ2) is 10.5.